The van der Waals surface area contributed by atoms with Crippen LogP contribution in [0.1, 0.15) is 45.1 Å². The van der Waals surface area contributed by atoms with Gasteiger partial charge in [-0.2, -0.15) is 0 Å². The second-order valence-electron chi connectivity index (χ2n) is 5.70. The molecular weight excluding hydrogens is 246 g/mol. The molecule has 2 N–H and O–H groups in total. The molecule has 2 rings (SSSR count). The minimum absolute atomic E-state index is 0.186. The van der Waals surface area contributed by atoms with Gasteiger partial charge in [-0.05, 0) is 44.4 Å². The van der Waals surface area contributed by atoms with Gasteiger partial charge in [-0.1, -0.05) is 25.0 Å². The van der Waals surface area contributed by atoms with E-state index in [0.29, 0.717) is 4.90 Å². The van der Waals surface area contributed by atoms with Gasteiger partial charge in [0.1, 0.15) is 0 Å². The zero-order valence-electron chi connectivity index (χ0n) is 11.0. The van der Waals surface area contributed by atoms with Crippen LogP contribution in [0.2, 0.25) is 0 Å². The quantitative estimate of drug-likeness (QED) is 0.915. The molecule has 0 atom stereocenters. The lowest BCUT2D eigenvalue weighted by atomic mass is 9.96. The van der Waals surface area contributed by atoms with Crippen molar-refractivity contribution in [1.29, 1.82) is 0 Å². The van der Waals surface area contributed by atoms with Crippen molar-refractivity contribution in [3.63, 3.8) is 0 Å². The summed E-state index contributed by atoms with van der Waals surface area (Å²) in [4.78, 5) is 0.433. The van der Waals surface area contributed by atoms with Crippen molar-refractivity contribution in [2.45, 2.75) is 55.2 Å². The Hall–Kier alpha value is -0.870. The Morgan fingerprint density at radius 2 is 1.61 bits per heavy atom. The van der Waals surface area contributed by atoms with E-state index in [1.54, 1.807) is 12.1 Å². The zero-order valence-corrected chi connectivity index (χ0v) is 11.8. The van der Waals surface area contributed by atoms with Gasteiger partial charge in [0.25, 0.3) is 0 Å². The van der Waals surface area contributed by atoms with E-state index in [-0.39, 0.29) is 5.25 Å². The molecule has 3 nitrogen and oxygen atoms in total. The number of hydrogen-bond acceptors (Lipinski definition) is 3. The van der Waals surface area contributed by atoms with Crippen LogP contribution in [0, 0.1) is 0 Å². The second kappa shape index (κ2) is 4.67. The molecule has 1 aromatic carbocycles. The second-order valence-corrected chi connectivity index (χ2v) is 7.93. The number of nitrogens with two attached hydrogens (primary N) is 1. The molecular formula is C14H21NO2S. The predicted molar refractivity (Wildman–Crippen MR) is 73.1 cm³/mol. The smallest absolute Gasteiger partial charge is 0.181 e. The van der Waals surface area contributed by atoms with Crippen LogP contribution in [0.3, 0.4) is 0 Å². The molecule has 18 heavy (non-hydrogen) atoms. The summed E-state index contributed by atoms with van der Waals surface area (Å²) >= 11 is 0. The summed E-state index contributed by atoms with van der Waals surface area (Å²) in [5.74, 6) is 0. The van der Waals surface area contributed by atoms with Gasteiger partial charge in [0.2, 0.25) is 0 Å². The number of sulfone groups is 1. The van der Waals surface area contributed by atoms with Crippen molar-refractivity contribution in [3.05, 3.63) is 29.8 Å². The van der Waals surface area contributed by atoms with Crippen molar-refractivity contribution in [1.82, 2.24) is 0 Å². The SMILES string of the molecule is CC(C)(N)c1ccc(S(=O)(=O)C2CCCC2)cc1. The van der Waals surface area contributed by atoms with Crippen molar-refractivity contribution >= 4 is 9.84 Å². The summed E-state index contributed by atoms with van der Waals surface area (Å²) in [6, 6.07) is 7.03. The minimum atomic E-state index is -3.14. The predicted octanol–water partition coefficient (Wildman–Crippen LogP) is 2.60. The van der Waals surface area contributed by atoms with Gasteiger partial charge in [-0.25, -0.2) is 8.42 Å². The average molecular weight is 267 g/mol. The Morgan fingerprint density at radius 3 is 2.06 bits per heavy atom. The fourth-order valence-electron chi connectivity index (χ4n) is 2.47. The first kappa shape index (κ1) is 13.6. The summed E-state index contributed by atoms with van der Waals surface area (Å²) in [5.41, 5.74) is 6.51. The highest BCUT2D eigenvalue weighted by atomic mass is 32.2. The van der Waals surface area contributed by atoms with Crippen molar-refractivity contribution in [2.75, 3.05) is 0 Å². The van der Waals surface area contributed by atoms with Crippen LogP contribution in [-0.2, 0) is 15.4 Å². The Balaban J connectivity index is 2.29. The van der Waals surface area contributed by atoms with E-state index in [4.69, 9.17) is 5.73 Å². The van der Waals surface area contributed by atoms with Crippen molar-refractivity contribution in [2.24, 2.45) is 5.73 Å². The topological polar surface area (TPSA) is 60.2 Å². The Labute approximate surface area is 109 Å². The van der Waals surface area contributed by atoms with Crippen LogP contribution in [-0.4, -0.2) is 13.7 Å². The van der Waals surface area contributed by atoms with Crippen LogP contribution in [0.15, 0.2) is 29.2 Å². The molecule has 1 fully saturated rings. The summed E-state index contributed by atoms with van der Waals surface area (Å²) in [5, 5.41) is -0.186. The fraction of sp³-hybridized carbons (Fsp3) is 0.571. The van der Waals surface area contributed by atoms with Crippen LogP contribution in [0.4, 0.5) is 0 Å². The fourth-order valence-corrected chi connectivity index (χ4v) is 4.32. The molecule has 0 saturated heterocycles. The summed E-state index contributed by atoms with van der Waals surface area (Å²) in [6.45, 7) is 3.82. The number of rotatable bonds is 3. The first-order valence-corrected chi connectivity index (χ1v) is 8.00. The van der Waals surface area contributed by atoms with E-state index in [1.807, 2.05) is 26.0 Å². The molecule has 0 amide bonds. The van der Waals surface area contributed by atoms with Crippen molar-refractivity contribution in [3.8, 4) is 0 Å². The third kappa shape index (κ3) is 2.59. The first-order chi connectivity index (χ1) is 8.32. The van der Waals surface area contributed by atoms with E-state index in [1.165, 1.54) is 0 Å². The molecule has 0 bridgehead atoms. The highest BCUT2D eigenvalue weighted by molar-refractivity contribution is 7.92. The number of hydrogen-bond donors (Lipinski definition) is 1. The van der Waals surface area contributed by atoms with Crippen LogP contribution in [0.5, 0.6) is 0 Å². The van der Waals surface area contributed by atoms with Crippen LogP contribution < -0.4 is 5.73 Å². The molecule has 0 unspecified atom stereocenters. The maximum atomic E-state index is 12.4. The molecule has 1 saturated carbocycles. The molecule has 0 aromatic heterocycles. The van der Waals surface area contributed by atoms with Gasteiger partial charge < -0.3 is 5.73 Å². The lowest BCUT2D eigenvalue weighted by molar-refractivity contribution is 0.553. The lowest BCUT2D eigenvalue weighted by Crippen LogP contribution is -2.28. The Morgan fingerprint density at radius 1 is 1.11 bits per heavy atom. The molecule has 4 heteroatoms. The third-order valence-corrected chi connectivity index (χ3v) is 5.95. The molecule has 0 aliphatic heterocycles. The van der Waals surface area contributed by atoms with E-state index in [9.17, 15) is 8.42 Å². The summed E-state index contributed by atoms with van der Waals surface area (Å²) in [7, 11) is -3.14. The lowest BCUT2D eigenvalue weighted by Gasteiger charge is -2.19. The third-order valence-electron chi connectivity index (χ3n) is 3.67. The van der Waals surface area contributed by atoms with Gasteiger partial charge in [0.15, 0.2) is 9.84 Å². The molecule has 0 spiro atoms. The van der Waals surface area contributed by atoms with E-state index >= 15 is 0 Å². The van der Waals surface area contributed by atoms with E-state index in [0.717, 1.165) is 31.2 Å². The molecule has 100 valence electrons. The zero-order chi connectivity index (χ0) is 13.4. The number of benzene rings is 1. The van der Waals surface area contributed by atoms with Gasteiger partial charge in [0.05, 0.1) is 10.1 Å². The van der Waals surface area contributed by atoms with Gasteiger partial charge in [0, 0.05) is 5.54 Å². The van der Waals surface area contributed by atoms with Crippen LogP contribution in [0.25, 0.3) is 0 Å². The monoisotopic (exact) mass is 267 g/mol. The van der Waals surface area contributed by atoms with Crippen molar-refractivity contribution < 1.29 is 8.42 Å². The molecule has 1 aliphatic rings. The van der Waals surface area contributed by atoms with E-state index in [2.05, 4.69) is 0 Å². The highest BCUT2D eigenvalue weighted by Crippen LogP contribution is 2.30. The van der Waals surface area contributed by atoms with E-state index < -0.39 is 15.4 Å². The molecule has 0 heterocycles. The van der Waals surface area contributed by atoms with Crippen LogP contribution >= 0.6 is 0 Å². The summed E-state index contributed by atoms with van der Waals surface area (Å²) in [6.07, 6.45) is 3.65. The first-order valence-electron chi connectivity index (χ1n) is 6.45. The molecule has 1 aromatic rings. The Kier molecular flexibility index (Phi) is 3.52. The standard InChI is InChI=1S/C14H21NO2S/c1-14(2,15)11-7-9-13(10-8-11)18(16,17)12-5-3-4-6-12/h7-10,12H,3-6,15H2,1-2H3. The minimum Gasteiger partial charge on any atom is -0.322 e. The molecule has 0 radical (unpaired) electrons. The van der Waals surface area contributed by atoms with Gasteiger partial charge >= 0.3 is 0 Å². The summed E-state index contributed by atoms with van der Waals surface area (Å²) < 4.78 is 24.7. The normalized spacial score (nSPS) is 18.2. The van der Waals surface area contributed by atoms with Gasteiger partial charge in [-0.3, -0.25) is 0 Å². The molecule has 1 aliphatic carbocycles. The highest BCUT2D eigenvalue weighted by Gasteiger charge is 2.30. The van der Waals surface area contributed by atoms with Gasteiger partial charge in [-0.15, -0.1) is 0 Å². The average Bonchev–Trinajstić information content (AvgIpc) is 2.82. The maximum absolute atomic E-state index is 12.4. The largest absolute Gasteiger partial charge is 0.322 e. The maximum Gasteiger partial charge on any atom is 0.181 e. The Bertz CT molecular complexity index is 506.